The van der Waals surface area contributed by atoms with E-state index < -0.39 is 6.03 Å². The molecular formula is C10H14N4O2. The lowest BCUT2D eigenvalue weighted by Crippen LogP contribution is -2.28. The Morgan fingerprint density at radius 3 is 2.44 bits per heavy atom. The van der Waals surface area contributed by atoms with Crippen molar-refractivity contribution in [3.05, 3.63) is 24.3 Å². The molecular weight excluding hydrogens is 208 g/mol. The number of urea groups is 2. The summed E-state index contributed by atoms with van der Waals surface area (Å²) in [5.74, 6) is 0. The number of anilines is 2. The molecule has 86 valence electrons. The number of rotatable bonds is 3. The smallest absolute Gasteiger partial charge is 0.319 e. The molecule has 6 heteroatoms. The Morgan fingerprint density at radius 1 is 1.25 bits per heavy atom. The molecule has 1 aromatic rings. The zero-order valence-electron chi connectivity index (χ0n) is 8.91. The van der Waals surface area contributed by atoms with Crippen LogP contribution >= 0.6 is 0 Å². The number of carbonyl (C=O) groups is 2. The van der Waals surface area contributed by atoms with Crippen molar-refractivity contribution in [1.82, 2.24) is 5.32 Å². The summed E-state index contributed by atoms with van der Waals surface area (Å²) >= 11 is 0. The van der Waals surface area contributed by atoms with Gasteiger partial charge in [0.1, 0.15) is 0 Å². The highest BCUT2D eigenvalue weighted by Crippen LogP contribution is 2.14. The summed E-state index contributed by atoms with van der Waals surface area (Å²) in [4.78, 5) is 21.8. The van der Waals surface area contributed by atoms with Gasteiger partial charge in [0.15, 0.2) is 0 Å². The molecule has 16 heavy (non-hydrogen) atoms. The molecule has 0 aliphatic rings. The fraction of sp³-hybridized carbons (Fsp3) is 0.200. The van der Waals surface area contributed by atoms with E-state index in [-0.39, 0.29) is 6.03 Å². The van der Waals surface area contributed by atoms with Crippen molar-refractivity contribution in [1.29, 1.82) is 0 Å². The summed E-state index contributed by atoms with van der Waals surface area (Å²) < 4.78 is 0. The van der Waals surface area contributed by atoms with Crippen molar-refractivity contribution in [2.24, 2.45) is 5.73 Å². The number of benzene rings is 1. The minimum atomic E-state index is -0.643. The SMILES string of the molecule is CCNC(=O)Nc1cccc(NC(N)=O)c1. The lowest BCUT2D eigenvalue weighted by atomic mass is 10.3. The van der Waals surface area contributed by atoms with Gasteiger partial charge in [0.2, 0.25) is 0 Å². The lowest BCUT2D eigenvalue weighted by molar-refractivity contribution is 0.252. The summed E-state index contributed by atoms with van der Waals surface area (Å²) in [5, 5.41) is 7.62. The van der Waals surface area contributed by atoms with E-state index in [0.29, 0.717) is 17.9 Å². The van der Waals surface area contributed by atoms with Crippen molar-refractivity contribution < 1.29 is 9.59 Å². The number of nitrogens with one attached hydrogen (secondary N) is 3. The van der Waals surface area contributed by atoms with Crippen molar-refractivity contribution in [3.8, 4) is 0 Å². The molecule has 0 unspecified atom stereocenters. The van der Waals surface area contributed by atoms with E-state index in [1.54, 1.807) is 24.3 Å². The van der Waals surface area contributed by atoms with Crippen molar-refractivity contribution >= 4 is 23.4 Å². The Bertz CT molecular complexity index is 392. The first-order chi connectivity index (χ1) is 7.61. The summed E-state index contributed by atoms with van der Waals surface area (Å²) in [7, 11) is 0. The first-order valence-electron chi connectivity index (χ1n) is 4.83. The first kappa shape index (κ1) is 11.8. The Labute approximate surface area is 93.2 Å². The number of carbonyl (C=O) groups excluding carboxylic acids is 2. The maximum absolute atomic E-state index is 11.2. The van der Waals surface area contributed by atoms with Crippen LogP contribution < -0.4 is 21.7 Å². The van der Waals surface area contributed by atoms with E-state index in [9.17, 15) is 9.59 Å². The molecule has 0 saturated carbocycles. The topological polar surface area (TPSA) is 96.2 Å². The molecule has 0 aliphatic heterocycles. The highest BCUT2D eigenvalue weighted by Gasteiger charge is 2.01. The molecule has 0 heterocycles. The predicted molar refractivity (Wildman–Crippen MR) is 62.3 cm³/mol. The van der Waals surface area contributed by atoms with E-state index in [0.717, 1.165) is 0 Å². The molecule has 0 radical (unpaired) electrons. The van der Waals surface area contributed by atoms with Gasteiger partial charge in [0.25, 0.3) is 0 Å². The van der Waals surface area contributed by atoms with Crippen LogP contribution in [0.4, 0.5) is 21.0 Å². The van der Waals surface area contributed by atoms with Gasteiger partial charge in [-0.15, -0.1) is 0 Å². The van der Waals surface area contributed by atoms with Crippen molar-refractivity contribution in [3.63, 3.8) is 0 Å². The second kappa shape index (κ2) is 5.59. The molecule has 0 atom stereocenters. The van der Waals surface area contributed by atoms with E-state index >= 15 is 0 Å². The van der Waals surface area contributed by atoms with Crippen LogP contribution in [0.3, 0.4) is 0 Å². The van der Waals surface area contributed by atoms with Gasteiger partial charge in [-0.05, 0) is 25.1 Å². The minimum Gasteiger partial charge on any atom is -0.351 e. The van der Waals surface area contributed by atoms with Crippen LogP contribution in [0.15, 0.2) is 24.3 Å². The summed E-state index contributed by atoms with van der Waals surface area (Å²) in [5.41, 5.74) is 6.08. The molecule has 0 bridgehead atoms. The second-order valence-electron chi connectivity index (χ2n) is 3.05. The molecule has 5 N–H and O–H groups in total. The zero-order chi connectivity index (χ0) is 12.0. The predicted octanol–water partition coefficient (Wildman–Crippen LogP) is 1.32. The number of hydrogen-bond acceptors (Lipinski definition) is 2. The maximum Gasteiger partial charge on any atom is 0.319 e. The second-order valence-corrected chi connectivity index (χ2v) is 3.05. The van der Waals surface area contributed by atoms with E-state index in [1.165, 1.54) is 0 Å². The first-order valence-corrected chi connectivity index (χ1v) is 4.83. The van der Waals surface area contributed by atoms with Gasteiger partial charge in [-0.1, -0.05) is 6.07 Å². The van der Waals surface area contributed by atoms with E-state index in [4.69, 9.17) is 5.73 Å². The van der Waals surface area contributed by atoms with E-state index in [1.807, 2.05) is 6.92 Å². The molecule has 0 aliphatic carbocycles. The highest BCUT2D eigenvalue weighted by molar-refractivity contribution is 5.92. The van der Waals surface area contributed by atoms with Gasteiger partial charge in [-0.3, -0.25) is 0 Å². The molecule has 1 aromatic carbocycles. The Hall–Kier alpha value is -2.24. The fourth-order valence-electron chi connectivity index (χ4n) is 1.15. The lowest BCUT2D eigenvalue weighted by Gasteiger charge is -2.07. The monoisotopic (exact) mass is 222 g/mol. The Morgan fingerprint density at radius 2 is 1.88 bits per heavy atom. The number of nitrogens with two attached hydrogens (primary N) is 1. The summed E-state index contributed by atoms with van der Waals surface area (Å²) in [6, 6.07) is 5.76. The average molecular weight is 222 g/mol. The molecule has 0 saturated heterocycles. The molecule has 0 aromatic heterocycles. The maximum atomic E-state index is 11.2. The van der Waals surface area contributed by atoms with Crippen molar-refractivity contribution in [2.45, 2.75) is 6.92 Å². The Kier molecular flexibility index (Phi) is 4.14. The third kappa shape index (κ3) is 3.87. The largest absolute Gasteiger partial charge is 0.351 e. The third-order valence-corrected chi connectivity index (χ3v) is 1.73. The van der Waals surface area contributed by atoms with Crippen LogP contribution in [0.2, 0.25) is 0 Å². The molecule has 4 amide bonds. The summed E-state index contributed by atoms with van der Waals surface area (Å²) in [6.07, 6.45) is 0. The van der Waals surface area contributed by atoms with E-state index in [2.05, 4.69) is 16.0 Å². The number of amides is 4. The average Bonchev–Trinajstić information content (AvgIpc) is 2.17. The molecule has 0 spiro atoms. The van der Waals surface area contributed by atoms with Gasteiger partial charge in [-0.2, -0.15) is 0 Å². The standard InChI is InChI=1S/C10H14N4O2/c1-2-12-10(16)14-8-5-3-4-7(6-8)13-9(11)15/h3-6H,2H2,1H3,(H3,11,13,15)(H2,12,14,16). The van der Waals surface area contributed by atoms with Crippen LogP contribution in [0.5, 0.6) is 0 Å². The number of hydrogen-bond donors (Lipinski definition) is 4. The van der Waals surface area contributed by atoms with Gasteiger partial charge in [0, 0.05) is 17.9 Å². The van der Waals surface area contributed by atoms with Crippen molar-refractivity contribution in [2.75, 3.05) is 17.2 Å². The summed E-state index contributed by atoms with van der Waals surface area (Å²) in [6.45, 7) is 2.37. The molecule has 6 nitrogen and oxygen atoms in total. The van der Waals surface area contributed by atoms with Crippen LogP contribution in [0.1, 0.15) is 6.92 Å². The van der Waals surface area contributed by atoms with Crippen LogP contribution in [0.25, 0.3) is 0 Å². The normalized spacial score (nSPS) is 9.31. The van der Waals surface area contributed by atoms with Crippen LogP contribution in [-0.2, 0) is 0 Å². The third-order valence-electron chi connectivity index (χ3n) is 1.73. The highest BCUT2D eigenvalue weighted by atomic mass is 16.2. The minimum absolute atomic E-state index is 0.293. The van der Waals surface area contributed by atoms with Gasteiger partial charge in [-0.25, -0.2) is 9.59 Å². The molecule has 1 rings (SSSR count). The Balaban J connectivity index is 2.67. The van der Waals surface area contributed by atoms with Crippen LogP contribution in [-0.4, -0.2) is 18.6 Å². The fourth-order valence-corrected chi connectivity index (χ4v) is 1.15. The van der Waals surface area contributed by atoms with Gasteiger partial charge < -0.3 is 21.7 Å². The molecule has 0 fully saturated rings. The number of primary amides is 1. The van der Waals surface area contributed by atoms with Gasteiger partial charge in [0.05, 0.1) is 0 Å². The zero-order valence-corrected chi connectivity index (χ0v) is 8.91. The van der Waals surface area contributed by atoms with Gasteiger partial charge >= 0.3 is 12.1 Å². The van der Waals surface area contributed by atoms with Crippen LogP contribution in [0, 0.1) is 0 Å². The quantitative estimate of drug-likeness (QED) is 0.620.